The molecule has 2 N–H and O–H groups in total. The average molecular weight is 413 g/mol. The second-order valence-electron chi connectivity index (χ2n) is 7.30. The van der Waals surface area contributed by atoms with E-state index in [1.165, 1.54) is 0 Å². The van der Waals surface area contributed by atoms with E-state index >= 15 is 0 Å². The molecule has 4 aromatic rings. The molecule has 0 amide bonds. The minimum Gasteiger partial charge on any atom is -0.378 e. The fourth-order valence-corrected chi connectivity index (χ4v) is 3.55. The van der Waals surface area contributed by atoms with Gasteiger partial charge in [-0.15, -0.1) is 0 Å². The van der Waals surface area contributed by atoms with Crippen LogP contribution in [0.5, 0.6) is 0 Å². The quantitative estimate of drug-likeness (QED) is 0.496. The Bertz CT molecular complexity index is 1180. The van der Waals surface area contributed by atoms with Crippen molar-refractivity contribution >= 4 is 34.0 Å². The minimum absolute atomic E-state index is 0.652. The van der Waals surface area contributed by atoms with E-state index in [-0.39, 0.29) is 0 Å². The number of hydrogen-bond donors (Lipinski definition) is 2. The standard InChI is InChI=1S/C23H23N7O/c1-2-18-12-17(3-4-20(18)25-6-1)14-27-21-15-24-16-22(29-21)28-19-5-7-26-23(13-19)30-8-10-31-11-9-30/h1-7,12-13,15-16H,8-11,14H2,(H2,26,27,28,29). The van der Waals surface area contributed by atoms with Crippen molar-refractivity contribution in [2.24, 2.45) is 0 Å². The molecule has 0 unspecified atom stereocenters. The molecule has 0 radical (unpaired) electrons. The zero-order chi connectivity index (χ0) is 20.9. The van der Waals surface area contributed by atoms with Gasteiger partial charge in [0.05, 0.1) is 31.1 Å². The van der Waals surface area contributed by atoms with E-state index in [9.17, 15) is 0 Å². The van der Waals surface area contributed by atoms with Crippen molar-refractivity contribution in [1.82, 2.24) is 19.9 Å². The molecular weight excluding hydrogens is 390 g/mol. The van der Waals surface area contributed by atoms with Gasteiger partial charge in [-0.2, -0.15) is 0 Å². The SMILES string of the molecule is c1cnc2ccc(CNc3cncc(Nc4ccnc(N5CCOCC5)c4)n3)cc2c1. The largest absolute Gasteiger partial charge is 0.378 e. The maximum absolute atomic E-state index is 5.42. The molecule has 31 heavy (non-hydrogen) atoms. The molecule has 0 atom stereocenters. The summed E-state index contributed by atoms with van der Waals surface area (Å²) in [6.07, 6.45) is 7.04. The average Bonchev–Trinajstić information content (AvgIpc) is 2.84. The Morgan fingerprint density at radius 1 is 0.935 bits per heavy atom. The summed E-state index contributed by atoms with van der Waals surface area (Å²) in [6.45, 7) is 3.80. The molecule has 1 aromatic carbocycles. The van der Waals surface area contributed by atoms with Crippen molar-refractivity contribution in [3.05, 3.63) is 72.8 Å². The molecule has 1 aliphatic rings. The predicted octanol–water partition coefficient (Wildman–Crippen LogP) is 3.61. The topological polar surface area (TPSA) is 88.1 Å². The van der Waals surface area contributed by atoms with Crippen LogP contribution in [0, 0.1) is 0 Å². The number of morpholine rings is 1. The van der Waals surface area contributed by atoms with Crippen molar-refractivity contribution in [3.8, 4) is 0 Å². The summed E-state index contributed by atoms with van der Waals surface area (Å²) < 4.78 is 5.42. The highest BCUT2D eigenvalue weighted by molar-refractivity contribution is 5.79. The lowest BCUT2D eigenvalue weighted by Crippen LogP contribution is -2.36. The zero-order valence-corrected chi connectivity index (χ0v) is 17.0. The Kier molecular flexibility index (Phi) is 5.53. The van der Waals surface area contributed by atoms with E-state index in [0.29, 0.717) is 18.2 Å². The van der Waals surface area contributed by atoms with Crippen LogP contribution in [-0.4, -0.2) is 46.2 Å². The van der Waals surface area contributed by atoms with Crippen molar-refractivity contribution < 1.29 is 4.74 Å². The number of benzene rings is 1. The molecule has 1 aliphatic heterocycles. The first-order valence-electron chi connectivity index (χ1n) is 10.3. The maximum atomic E-state index is 5.42. The molecule has 0 saturated carbocycles. The maximum Gasteiger partial charge on any atom is 0.151 e. The molecular formula is C23H23N7O. The Morgan fingerprint density at radius 3 is 2.77 bits per heavy atom. The van der Waals surface area contributed by atoms with Crippen LogP contribution >= 0.6 is 0 Å². The highest BCUT2D eigenvalue weighted by Crippen LogP contribution is 2.21. The van der Waals surface area contributed by atoms with E-state index in [4.69, 9.17) is 4.74 Å². The van der Waals surface area contributed by atoms with Crippen LogP contribution in [0.25, 0.3) is 10.9 Å². The van der Waals surface area contributed by atoms with Crippen LogP contribution < -0.4 is 15.5 Å². The Hall–Kier alpha value is -3.78. The number of rotatable bonds is 6. The van der Waals surface area contributed by atoms with Gasteiger partial charge in [-0.3, -0.25) is 9.97 Å². The zero-order valence-electron chi connectivity index (χ0n) is 17.0. The predicted molar refractivity (Wildman–Crippen MR) is 122 cm³/mol. The first-order chi connectivity index (χ1) is 15.3. The van der Waals surface area contributed by atoms with Gasteiger partial charge in [0, 0.05) is 49.2 Å². The van der Waals surface area contributed by atoms with Crippen molar-refractivity contribution in [3.63, 3.8) is 0 Å². The summed E-state index contributed by atoms with van der Waals surface area (Å²) in [5.74, 6) is 2.31. The number of aromatic nitrogens is 4. The Balaban J connectivity index is 1.25. The van der Waals surface area contributed by atoms with E-state index in [0.717, 1.165) is 54.3 Å². The van der Waals surface area contributed by atoms with Gasteiger partial charge < -0.3 is 20.3 Å². The molecule has 8 nitrogen and oxygen atoms in total. The summed E-state index contributed by atoms with van der Waals surface area (Å²) in [5.41, 5.74) is 3.07. The molecule has 5 rings (SSSR count). The van der Waals surface area contributed by atoms with Crippen LogP contribution in [0.3, 0.4) is 0 Å². The number of anilines is 4. The fourth-order valence-electron chi connectivity index (χ4n) is 3.55. The van der Waals surface area contributed by atoms with E-state index in [1.807, 2.05) is 24.3 Å². The number of nitrogens with zero attached hydrogens (tertiary/aromatic N) is 5. The van der Waals surface area contributed by atoms with Crippen LogP contribution in [0.15, 0.2) is 67.3 Å². The number of nitrogens with one attached hydrogen (secondary N) is 2. The van der Waals surface area contributed by atoms with Crippen LogP contribution in [0.2, 0.25) is 0 Å². The van der Waals surface area contributed by atoms with E-state index < -0.39 is 0 Å². The molecule has 1 fully saturated rings. The Labute approximate surface area is 180 Å². The molecule has 1 saturated heterocycles. The summed E-state index contributed by atoms with van der Waals surface area (Å²) in [5, 5.41) is 7.80. The number of pyridine rings is 2. The molecule has 8 heteroatoms. The van der Waals surface area contributed by atoms with Gasteiger partial charge in [-0.25, -0.2) is 9.97 Å². The normalized spacial score (nSPS) is 13.9. The van der Waals surface area contributed by atoms with Crippen LogP contribution in [0.4, 0.5) is 23.1 Å². The third-order valence-electron chi connectivity index (χ3n) is 5.13. The Morgan fingerprint density at radius 2 is 1.84 bits per heavy atom. The second kappa shape index (κ2) is 8.93. The van der Waals surface area contributed by atoms with Crippen LogP contribution in [-0.2, 0) is 11.3 Å². The third-order valence-corrected chi connectivity index (χ3v) is 5.13. The smallest absolute Gasteiger partial charge is 0.151 e. The number of fused-ring (bicyclic) bond motifs is 1. The molecule has 3 aromatic heterocycles. The minimum atomic E-state index is 0.652. The van der Waals surface area contributed by atoms with Crippen molar-refractivity contribution in [2.75, 3.05) is 41.8 Å². The molecule has 0 aliphatic carbocycles. The first-order valence-corrected chi connectivity index (χ1v) is 10.3. The lowest BCUT2D eigenvalue weighted by atomic mass is 10.1. The number of hydrogen-bond acceptors (Lipinski definition) is 8. The van der Waals surface area contributed by atoms with Gasteiger partial charge in [0.15, 0.2) is 5.82 Å². The highest BCUT2D eigenvalue weighted by atomic mass is 16.5. The fraction of sp³-hybridized carbons (Fsp3) is 0.217. The summed E-state index contributed by atoms with van der Waals surface area (Å²) >= 11 is 0. The highest BCUT2D eigenvalue weighted by Gasteiger charge is 2.12. The van der Waals surface area contributed by atoms with Gasteiger partial charge in [0.25, 0.3) is 0 Å². The lowest BCUT2D eigenvalue weighted by molar-refractivity contribution is 0.122. The monoisotopic (exact) mass is 413 g/mol. The van der Waals surface area contributed by atoms with Gasteiger partial charge in [0.1, 0.15) is 11.6 Å². The summed E-state index contributed by atoms with van der Waals surface area (Å²) in [6, 6.07) is 14.2. The lowest BCUT2D eigenvalue weighted by Gasteiger charge is -2.28. The van der Waals surface area contributed by atoms with Gasteiger partial charge in [-0.05, 0) is 29.8 Å². The summed E-state index contributed by atoms with van der Waals surface area (Å²) in [7, 11) is 0. The van der Waals surface area contributed by atoms with E-state index in [1.54, 1.807) is 24.8 Å². The van der Waals surface area contributed by atoms with Gasteiger partial charge in [-0.1, -0.05) is 12.1 Å². The molecule has 0 bridgehead atoms. The van der Waals surface area contributed by atoms with Crippen molar-refractivity contribution in [2.45, 2.75) is 6.54 Å². The van der Waals surface area contributed by atoms with Crippen molar-refractivity contribution in [1.29, 1.82) is 0 Å². The van der Waals surface area contributed by atoms with Gasteiger partial charge in [0.2, 0.25) is 0 Å². The molecule has 0 spiro atoms. The number of ether oxygens (including phenoxy) is 1. The second-order valence-corrected chi connectivity index (χ2v) is 7.30. The van der Waals surface area contributed by atoms with Crippen LogP contribution in [0.1, 0.15) is 5.56 Å². The molecule has 156 valence electrons. The van der Waals surface area contributed by atoms with E-state index in [2.05, 4.69) is 53.7 Å². The molecule has 4 heterocycles. The van der Waals surface area contributed by atoms with Gasteiger partial charge >= 0.3 is 0 Å². The first kappa shape index (κ1) is 19.2. The third kappa shape index (κ3) is 4.70. The summed E-state index contributed by atoms with van der Waals surface area (Å²) in [4.78, 5) is 20.0.